The molecular formula is C11H15FN2O2S. The van der Waals surface area contributed by atoms with Gasteiger partial charge in [0.15, 0.2) is 0 Å². The van der Waals surface area contributed by atoms with E-state index in [1.165, 1.54) is 23.9 Å². The van der Waals surface area contributed by atoms with Crippen molar-refractivity contribution in [2.24, 2.45) is 5.73 Å². The second-order valence-electron chi connectivity index (χ2n) is 3.61. The number of nitrogens with one attached hydrogen (secondary N) is 1. The van der Waals surface area contributed by atoms with Gasteiger partial charge in [0.1, 0.15) is 11.7 Å². The lowest BCUT2D eigenvalue weighted by Crippen LogP contribution is -2.15. The smallest absolute Gasteiger partial charge is 0.124 e. The Kier molecular flexibility index (Phi) is 5.40. The number of aliphatic hydroxyl groups is 2. The maximum absolute atomic E-state index is 13.2. The Balaban J connectivity index is 2.62. The molecule has 0 aliphatic carbocycles. The highest BCUT2D eigenvalue weighted by atomic mass is 32.2. The van der Waals surface area contributed by atoms with Crippen molar-refractivity contribution in [1.82, 2.24) is 0 Å². The predicted molar refractivity (Wildman–Crippen MR) is 66.7 cm³/mol. The molecule has 0 saturated carbocycles. The maximum Gasteiger partial charge on any atom is 0.124 e. The van der Waals surface area contributed by atoms with Gasteiger partial charge < -0.3 is 15.9 Å². The van der Waals surface area contributed by atoms with E-state index < -0.39 is 11.9 Å². The third kappa shape index (κ3) is 4.72. The van der Waals surface area contributed by atoms with Gasteiger partial charge in [-0.25, -0.2) is 4.39 Å². The van der Waals surface area contributed by atoms with E-state index >= 15 is 0 Å². The molecule has 0 aliphatic heterocycles. The summed E-state index contributed by atoms with van der Waals surface area (Å²) in [6, 6.07) is 4.22. The lowest BCUT2D eigenvalue weighted by Gasteiger charge is -2.08. The van der Waals surface area contributed by atoms with Gasteiger partial charge in [0.05, 0.1) is 12.7 Å². The van der Waals surface area contributed by atoms with Crippen LogP contribution in [0, 0.1) is 11.2 Å². The van der Waals surface area contributed by atoms with Crippen molar-refractivity contribution in [2.45, 2.75) is 11.9 Å². The Morgan fingerprint density at radius 2 is 2.18 bits per heavy atom. The molecule has 1 aromatic carbocycles. The van der Waals surface area contributed by atoms with Crippen LogP contribution in [0.1, 0.15) is 11.1 Å². The minimum absolute atomic E-state index is 0.175. The molecule has 1 atom stereocenters. The first-order valence-corrected chi connectivity index (χ1v) is 6.19. The van der Waals surface area contributed by atoms with Gasteiger partial charge in [0.25, 0.3) is 0 Å². The van der Waals surface area contributed by atoms with E-state index in [0.29, 0.717) is 22.6 Å². The summed E-state index contributed by atoms with van der Waals surface area (Å²) in [6.07, 6.45) is -0.763. The van der Waals surface area contributed by atoms with Crippen LogP contribution in [0.15, 0.2) is 18.2 Å². The third-order valence-corrected chi connectivity index (χ3v) is 3.22. The van der Waals surface area contributed by atoms with Gasteiger partial charge in [-0.15, -0.1) is 0 Å². The number of halogens is 1. The number of benzene rings is 1. The van der Waals surface area contributed by atoms with Crippen molar-refractivity contribution in [3.63, 3.8) is 0 Å². The van der Waals surface area contributed by atoms with Crippen molar-refractivity contribution < 1.29 is 14.6 Å². The van der Waals surface area contributed by atoms with Crippen LogP contribution in [-0.2, 0) is 5.75 Å². The van der Waals surface area contributed by atoms with Crippen LogP contribution in [-0.4, -0.2) is 34.5 Å². The summed E-state index contributed by atoms with van der Waals surface area (Å²) in [4.78, 5) is 0. The molecule has 0 saturated heterocycles. The minimum Gasteiger partial charge on any atom is -0.394 e. The van der Waals surface area contributed by atoms with Gasteiger partial charge in [-0.2, -0.15) is 11.8 Å². The Labute approximate surface area is 103 Å². The Morgan fingerprint density at radius 1 is 1.47 bits per heavy atom. The Bertz CT molecular complexity index is 401. The van der Waals surface area contributed by atoms with Crippen LogP contribution in [0.25, 0.3) is 0 Å². The fourth-order valence-electron chi connectivity index (χ4n) is 1.25. The first-order valence-electron chi connectivity index (χ1n) is 5.03. The summed E-state index contributed by atoms with van der Waals surface area (Å²) < 4.78 is 13.2. The largest absolute Gasteiger partial charge is 0.394 e. The average molecular weight is 258 g/mol. The zero-order valence-corrected chi connectivity index (χ0v) is 10.0. The first kappa shape index (κ1) is 14.0. The molecule has 0 radical (unpaired) electrons. The second kappa shape index (κ2) is 6.58. The van der Waals surface area contributed by atoms with Crippen LogP contribution in [0.4, 0.5) is 4.39 Å². The molecule has 5 N–H and O–H groups in total. The number of thioether (sulfide) groups is 1. The summed E-state index contributed by atoms with van der Waals surface area (Å²) in [5, 5.41) is 25.0. The number of nitrogens with two attached hydrogens (primary N) is 1. The van der Waals surface area contributed by atoms with Gasteiger partial charge in [-0.1, -0.05) is 0 Å². The van der Waals surface area contributed by atoms with Crippen LogP contribution >= 0.6 is 11.8 Å². The van der Waals surface area contributed by atoms with Gasteiger partial charge in [0, 0.05) is 17.1 Å². The lowest BCUT2D eigenvalue weighted by molar-refractivity contribution is 0.113. The zero-order chi connectivity index (χ0) is 12.8. The highest BCUT2D eigenvalue weighted by molar-refractivity contribution is 7.98. The average Bonchev–Trinajstić information content (AvgIpc) is 2.28. The number of hydrogen-bond donors (Lipinski definition) is 4. The normalized spacial score (nSPS) is 12.4. The monoisotopic (exact) mass is 258 g/mol. The van der Waals surface area contributed by atoms with Gasteiger partial charge in [-0.3, -0.25) is 5.41 Å². The number of hydrogen-bond acceptors (Lipinski definition) is 4. The van der Waals surface area contributed by atoms with Crippen molar-refractivity contribution in [3.8, 4) is 0 Å². The van der Waals surface area contributed by atoms with E-state index in [9.17, 15) is 4.39 Å². The van der Waals surface area contributed by atoms with Crippen LogP contribution in [0.3, 0.4) is 0 Å². The molecule has 0 amide bonds. The van der Waals surface area contributed by atoms with Gasteiger partial charge in [-0.05, 0) is 23.8 Å². The maximum atomic E-state index is 13.2. The molecule has 0 aromatic heterocycles. The molecule has 1 unspecified atom stereocenters. The van der Waals surface area contributed by atoms with E-state index in [1.54, 1.807) is 6.07 Å². The molecule has 1 aromatic rings. The molecule has 17 heavy (non-hydrogen) atoms. The lowest BCUT2D eigenvalue weighted by atomic mass is 10.1. The third-order valence-electron chi connectivity index (χ3n) is 2.06. The van der Waals surface area contributed by atoms with Crippen LogP contribution < -0.4 is 5.73 Å². The van der Waals surface area contributed by atoms with E-state index in [1.807, 2.05) is 0 Å². The first-order chi connectivity index (χ1) is 8.02. The van der Waals surface area contributed by atoms with E-state index in [0.717, 1.165) is 0 Å². The molecule has 0 spiro atoms. The Hall–Kier alpha value is -1.11. The quantitative estimate of drug-likeness (QED) is 0.446. The van der Waals surface area contributed by atoms with E-state index in [4.69, 9.17) is 21.4 Å². The number of nitrogen functional groups attached to an aromatic ring is 1. The Morgan fingerprint density at radius 3 is 2.76 bits per heavy atom. The van der Waals surface area contributed by atoms with E-state index in [2.05, 4.69) is 0 Å². The molecule has 0 bridgehead atoms. The standard InChI is InChI=1S/C11H15FN2O2S/c12-9-2-7(1-8(3-9)11(13)14)5-17-6-10(16)4-15/h1-3,10,15-16H,4-6H2,(H3,13,14). The number of rotatable bonds is 6. The van der Waals surface area contributed by atoms with E-state index in [-0.39, 0.29) is 12.4 Å². The highest BCUT2D eigenvalue weighted by Gasteiger charge is 2.05. The fraction of sp³-hybridized carbons (Fsp3) is 0.364. The van der Waals surface area contributed by atoms with Crippen molar-refractivity contribution in [2.75, 3.05) is 12.4 Å². The molecule has 0 fully saturated rings. The molecule has 1 rings (SSSR count). The van der Waals surface area contributed by atoms with Gasteiger partial charge in [0.2, 0.25) is 0 Å². The summed E-state index contributed by atoms with van der Waals surface area (Å²) in [5.41, 5.74) is 6.34. The molecule has 94 valence electrons. The molecule has 0 heterocycles. The molecule has 6 heteroatoms. The van der Waals surface area contributed by atoms with Crippen molar-refractivity contribution in [3.05, 3.63) is 35.1 Å². The summed E-state index contributed by atoms with van der Waals surface area (Å²) >= 11 is 1.38. The van der Waals surface area contributed by atoms with Crippen LogP contribution in [0.5, 0.6) is 0 Å². The van der Waals surface area contributed by atoms with Crippen molar-refractivity contribution in [1.29, 1.82) is 5.41 Å². The zero-order valence-electron chi connectivity index (χ0n) is 9.19. The highest BCUT2D eigenvalue weighted by Crippen LogP contribution is 2.16. The second-order valence-corrected chi connectivity index (χ2v) is 4.64. The topological polar surface area (TPSA) is 90.3 Å². The SMILES string of the molecule is N=C(N)c1cc(F)cc(CSCC(O)CO)c1. The predicted octanol–water partition coefficient (Wildman–Crippen LogP) is 0.696. The number of aliphatic hydroxyl groups excluding tert-OH is 2. The minimum atomic E-state index is -0.763. The summed E-state index contributed by atoms with van der Waals surface area (Å²) in [5.74, 6) is 0.263. The molecular weight excluding hydrogens is 243 g/mol. The van der Waals surface area contributed by atoms with Crippen molar-refractivity contribution >= 4 is 17.6 Å². The molecule has 4 nitrogen and oxygen atoms in total. The van der Waals surface area contributed by atoms with Gasteiger partial charge >= 0.3 is 0 Å². The fourth-order valence-corrected chi connectivity index (χ4v) is 2.15. The molecule has 0 aliphatic rings. The summed E-state index contributed by atoms with van der Waals surface area (Å²) in [7, 11) is 0. The number of amidine groups is 1. The van der Waals surface area contributed by atoms with Crippen LogP contribution in [0.2, 0.25) is 0 Å². The summed E-state index contributed by atoms with van der Waals surface area (Å²) in [6.45, 7) is -0.283.